The second-order valence-electron chi connectivity index (χ2n) is 4.88. The number of nitrogens with one attached hydrogen (secondary N) is 1. The van der Waals surface area contributed by atoms with E-state index in [1.807, 2.05) is 37.1 Å². The van der Waals surface area contributed by atoms with E-state index in [1.54, 1.807) is 11.8 Å². The average molecular weight is 305 g/mol. The highest BCUT2D eigenvalue weighted by Crippen LogP contribution is 2.33. The molecule has 0 aliphatic carbocycles. The van der Waals surface area contributed by atoms with E-state index in [1.165, 1.54) is 5.56 Å². The molecule has 1 aromatic carbocycles. The molecule has 0 bridgehead atoms. The van der Waals surface area contributed by atoms with Gasteiger partial charge in [-0.25, -0.2) is 4.98 Å². The fourth-order valence-electron chi connectivity index (χ4n) is 2.27. The van der Waals surface area contributed by atoms with Crippen LogP contribution in [0.25, 0.3) is 0 Å². The van der Waals surface area contributed by atoms with Gasteiger partial charge in [-0.3, -0.25) is 0 Å². The van der Waals surface area contributed by atoms with Crippen molar-refractivity contribution in [2.45, 2.75) is 11.2 Å². The Hall–Kier alpha value is -1.66. The third-order valence-corrected chi connectivity index (χ3v) is 4.62. The molecule has 0 saturated carbocycles. The zero-order chi connectivity index (χ0) is 14.7. The Labute approximate surface area is 128 Å². The number of nitrogens with zero attached hydrogens (tertiary/aromatic N) is 2. The number of aromatic nitrogens is 2. The topological polar surface area (TPSA) is 48.3 Å². The van der Waals surface area contributed by atoms with Crippen molar-refractivity contribution in [3.05, 3.63) is 36.2 Å². The van der Waals surface area contributed by atoms with Crippen LogP contribution in [0, 0.1) is 0 Å². The predicted molar refractivity (Wildman–Crippen MR) is 83.2 cm³/mol. The number of thioether (sulfide) groups is 1. The maximum Gasteiger partial charge on any atom is 0.167 e. The molecule has 21 heavy (non-hydrogen) atoms. The van der Waals surface area contributed by atoms with Gasteiger partial charge in [0.15, 0.2) is 16.7 Å². The van der Waals surface area contributed by atoms with Crippen LogP contribution >= 0.6 is 11.8 Å². The van der Waals surface area contributed by atoms with Crippen LogP contribution in [0.4, 0.5) is 0 Å². The smallest absolute Gasteiger partial charge is 0.167 e. The standard InChI is InChI=1S/C15H19N3O2S/c1-16-12(10-21-15-17-5-6-18(15)2)11-3-4-13-14(9-11)20-8-7-19-13/h3-6,9,12,16H,7-8,10H2,1-2H3. The summed E-state index contributed by atoms with van der Waals surface area (Å²) in [5, 5.41) is 4.37. The van der Waals surface area contributed by atoms with E-state index in [0.29, 0.717) is 13.2 Å². The van der Waals surface area contributed by atoms with Gasteiger partial charge in [-0.1, -0.05) is 17.8 Å². The number of ether oxygens (including phenoxy) is 2. The minimum absolute atomic E-state index is 0.238. The summed E-state index contributed by atoms with van der Waals surface area (Å²) in [4.78, 5) is 4.34. The fraction of sp³-hybridized carbons (Fsp3) is 0.400. The van der Waals surface area contributed by atoms with Crippen LogP contribution in [-0.4, -0.2) is 35.6 Å². The number of imidazole rings is 1. The number of hydrogen-bond donors (Lipinski definition) is 1. The Balaban J connectivity index is 1.72. The number of rotatable bonds is 5. The molecule has 0 spiro atoms. The first-order valence-electron chi connectivity index (χ1n) is 6.95. The Kier molecular flexibility index (Phi) is 4.36. The number of benzene rings is 1. The quantitative estimate of drug-likeness (QED) is 0.859. The lowest BCUT2D eigenvalue weighted by molar-refractivity contribution is 0.171. The first-order valence-corrected chi connectivity index (χ1v) is 7.93. The Morgan fingerprint density at radius 2 is 2.14 bits per heavy atom. The monoisotopic (exact) mass is 305 g/mol. The molecule has 1 aliphatic rings. The highest BCUT2D eigenvalue weighted by atomic mass is 32.2. The first kappa shape index (κ1) is 14.3. The molecule has 1 aliphatic heterocycles. The van der Waals surface area contributed by atoms with Crippen molar-refractivity contribution in [1.29, 1.82) is 0 Å². The van der Waals surface area contributed by atoms with Gasteiger partial charge >= 0.3 is 0 Å². The summed E-state index contributed by atoms with van der Waals surface area (Å²) in [7, 11) is 3.98. The van der Waals surface area contributed by atoms with Gasteiger partial charge in [0, 0.05) is 31.2 Å². The van der Waals surface area contributed by atoms with Gasteiger partial charge in [-0.2, -0.15) is 0 Å². The van der Waals surface area contributed by atoms with Gasteiger partial charge in [0.1, 0.15) is 13.2 Å². The molecule has 3 rings (SSSR count). The van der Waals surface area contributed by atoms with Crippen LogP contribution in [0.15, 0.2) is 35.7 Å². The van der Waals surface area contributed by atoms with Crippen LogP contribution in [0.3, 0.4) is 0 Å². The van der Waals surface area contributed by atoms with Gasteiger partial charge in [0.05, 0.1) is 0 Å². The maximum atomic E-state index is 5.65. The molecular formula is C15H19N3O2S. The molecule has 1 N–H and O–H groups in total. The van der Waals surface area contributed by atoms with Gasteiger partial charge < -0.3 is 19.4 Å². The average Bonchev–Trinajstić information content (AvgIpc) is 2.93. The Bertz CT molecular complexity index is 615. The lowest BCUT2D eigenvalue weighted by Crippen LogP contribution is -2.20. The van der Waals surface area contributed by atoms with E-state index in [9.17, 15) is 0 Å². The van der Waals surface area contributed by atoms with Crippen LogP contribution < -0.4 is 14.8 Å². The highest BCUT2D eigenvalue weighted by Gasteiger charge is 2.16. The molecule has 1 unspecified atom stereocenters. The first-order chi connectivity index (χ1) is 10.3. The summed E-state index contributed by atoms with van der Waals surface area (Å²) in [6.45, 7) is 1.24. The van der Waals surface area contributed by atoms with Gasteiger partial charge in [-0.05, 0) is 24.7 Å². The van der Waals surface area contributed by atoms with Crippen molar-refractivity contribution in [2.75, 3.05) is 26.0 Å². The van der Waals surface area contributed by atoms with Gasteiger partial charge in [0.2, 0.25) is 0 Å². The lowest BCUT2D eigenvalue weighted by atomic mass is 10.1. The maximum absolute atomic E-state index is 5.65. The predicted octanol–water partition coefficient (Wildman–Crippen LogP) is 2.24. The summed E-state index contributed by atoms with van der Waals surface area (Å²) >= 11 is 1.74. The molecule has 0 amide bonds. The van der Waals surface area contributed by atoms with Gasteiger partial charge in [-0.15, -0.1) is 0 Å². The second-order valence-corrected chi connectivity index (χ2v) is 5.86. The van der Waals surface area contributed by atoms with Crippen LogP contribution in [-0.2, 0) is 7.05 Å². The SMILES string of the molecule is CNC(CSc1nccn1C)c1ccc2c(c1)OCCO2. The normalized spacial score (nSPS) is 15.0. The summed E-state index contributed by atoms with van der Waals surface area (Å²) in [6.07, 6.45) is 3.78. The Morgan fingerprint density at radius 1 is 1.33 bits per heavy atom. The van der Waals surface area contributed by atoms with Crippen molar-refractivity contribution in [1.82, 2.24) is 14.9 Å². The molecule has 6 heteroatoms. The van der Waals surface area contributed by atoms with Gasteiger partial charge in [0.25, 0.3) is 0 Å². The molecule has 2 heterocycles. The molecule has 2 aromatic rings. The molecule has 0 fully saturated rings. The third-order valence-electron chi connectivity index (χ3n) is 3.47. The van der Waals surface area contributed by atoms with Crippen molar-refractivity contribution in [3.8, 4) is 11.5 Å². The van der Waals surface area contributed by atoms with E-state index >= 15 is 0 Å². The summed E-state index contributed by atoms with van der Waals surface area (Å²) in [5.41, 5.74) is 1.20. The molecular weight excluding hydrogens is 286 g/mol. The minimum Gasteiger partial charge on any atom is -0.486 e. The minimum atomic E-state index is 0.238. The largest absolute Gasteiger partial charge is 0.486 e. The molecule has 5 nitrogen and oxygen atoms in total. The van der Waals surface area contributed by atoms with E-state index in [0.717, 1.165) is 22.4 Å². The molecule has 1 aromatic heterocycles. The van der Waals surface area contributed by atoms with Crippen molar-refractivity contribution in [2.24, 2.45) is 7.05 Å². The van der Waals surface area contributed by atoms with Crippen molar-refractivity contribution >= 4 is 11.8 Å². The summed E-state index contributed by atoms with van der Waals surface area (Å²) in [6, 6.07) is 6.38. The number of fused-ring (bicyclic) bond motifs is 1. The van der Waals surface area contributed by atoms with E-state index < -0.39 is 0 Å². The Morgan fingerprint density at radius 3 is 2.86 bits per heavy atom. The summed E-state index contributed by atoms with van der Waals surface area (Å²) < 4.78 is 13.2. The van der Waals surface area contributed by atoms with E-state index in [4.69, 9.17) is 9.47 Å². The lowest BCUT2D eigenvalue weighted by Gasteiger charge is -2.21. The number of aryl methyl sites for hydroxylation is 1. The van der Waals surface area contributed by atoms with Crippen LogP contribution in [0.1, 0.15) is 11.6 Å². The molecule has 112 valence electrons. The molecule has 0 saturated heterocycles. The second kappa shape index (κ2) is 6.41. The van der Waals surface area contributed by atoms with E-state index in [-0.39, 0.29) is 6.04 Å². The van der Waals surface area contributed by atoms with Crippen LogP contribution in [0.2, 0.25) is 0 Å². The fourth-order valence-corrected chi connectivity index (χ4v) is 3.35. The molecule has 0 radical (unpaired) electrons. The highest BCUT2D eigenvalue weighted by molar-refractivity contribution is 7.99. The molecule has 1 atom stereocenters. The number of hydrogen-bond acceptors (Lipinski definition) is 5. The van der Waals surface area contributed by atoms with E-state index in [2.05, 4.69) is 22.4 Å². The zero-order valence-electron chi connectivity index (χ0n) is 12.2. The van der Waals surface area contributed by atoms with Crippen LogP contribution in [0.5, 0.6) is 11.5 Å². The zero-order valence-corrected chi connectivity index (χ0v) is 13.0. The summed E-state index contributed by atoms with van der Waals surface area (Å²) in [5.74, 6) is 2.57. The van der Waals surface area contributed by atoms with Crippen molar-refractivity contribution in [3.63, 3.8) is 0 Å². The third kappa shape index (κ3) is 3.16. The van der Waals surface area contributed by atoms with Crippen molar-refractivity contribution < 1.29 is 9.47 Å².